The van der Waals surface area contributed by atoms with Gasteiger partial charge in [-0.15, -0.1) is 11.3 Å². The zero-order valence-corrected chi connectivity index (χ0v) is 18.7. The number of nitrogens with zero attached hydrogens (tertiary/aromatic N) is 2. The molecule has 1 amide bonds. The molecule has 3 aromatic rings. The highest BCUT2D eigenvalue weighted by molar-refractivity contribution is 7.89. The molecule has 2 aromatic carbocycles. The Morgan fingerprint density at radius 2 is 1.71 bits per heavy atom. The molecule has 0 unspecified atom stereocenters. The molecule has 4 rings (SSSR count). The van der Waals surface area contributed by atoms with Crippen molar-refractivity contribution in [1.29, 1.82) is 0 Å². The Hall–Kier alpha value is -2.52. The summed E-state index contributed by atoms with van der Waals surface area (Å²) in [5, 5.41) is 4.80. The molecule has 2 heterocycles. The highest BCUT2D eigenvalue weighted by Crippen LogP contribution is 2.20. The first-order chi connectivity index (χ1) is 15.0. The largest absolute Gasteiger partial charge is 0.347 e. The monoisotopic (exact) mass is 455 g/mol. The van der Waals surface area contributed by atoms with Gasteiger partial charge in [-0.25, -0.2) is 8.42 Å². The average Bonchev–Trinajstić information content (AvgIpc) is 3.32. The van der Waals surface area contributed by atoms with Gasteiger partial charge in [0.15, 0.2) is 0 Å². The Morgan fingerprint density at radius 3 is 2.42 bits per heavy atom. The molecule has 0 radical (unpaired) electrons. The summed E-state index contributed by atoms with van der Waals surface area (Å²) in [6, 6.07) is 20.3. The molecule has 162 valence electrons. The lowest BCUT2D eigenvalue weighted by Crippen LogP contribution is -2.48. The molecule has 1 aromatic heterocycles. The smallest absolute Gasteiger partial charge is 0.251 e. The van der Waals surface area contributed by atoms with Gasteiger partial charge in [-0.2, -0.15) is 4.31 Å². The summed E-state index contributed by atoms with van der Waals surface area (Å²) >= 11 is 1.57. The van der Waals surface area contributed by atoms with Crippen LogP contribution in [0.4, 0.5) is 0 Å². The van der Waals surface area contributed by atoms with E-state index < -0.39 is 10.0 Å². The molecule has 6 nitrogen and oxygen atoms in total. The fraction of sp³-hybridized carbons (Fsp3) is 0.261. The van der Waals surface area contributed by atoms with Crippen LogP contribution in [0.15, 0.2) is 77.0 Å². The second kappa shape index (κ2) is 9.74. The first-order valence-corrected chi connectivity index (χ1v) is 12.5. The molecule has 1 aliphatic rings. The number of thiophene rings is 1. The van der Waals surface area contributed by atoms with Crippen LogP contribution in [-0.2, 0) is 23.1 Å². The normalized spacial score (nSPS) is 15.6. The standard InChI is InChI=1S/C23H25N3O3S2/c27-23(24-17-21-9-5-15-30-21)20-8-4-10-22(16-20)31(28,29)26-13-11-25(12-14-26)18-19-6-2-1-3-7-19/h1-10,15-16H,11-14,17-18H2,(H,24,27). The summed E-state index contributed by atoms with van der Waals surface area (Å²) in [6.45, 7) is 3.46. The van der Waals surface area contributed by atoms with Crippen LogP contribution in [0.3, 0.4) is 0 Å². The fourth-order valence-electron chi connectivity index (χ4n) is 3.60. The zero-order chi connectivity index (χ0) is 21.7. The molecular formula is C23H25N3O3S2. The second-order valence-corrected chi connectivity index (χ2v) is 10.4. The summed E-state index contributed by atoms with van der Waals surface area (Å²) in [4.78, 5) is 16.0. The molecule has 0 saturated carbocycles. The van der Waals surface area contributed by atoms with Gasteiger partial charge in [0.05, 0.1) is 11.4 Å². The van der Waals surface area contributed by atoms with Crippen molar-refractivity contribution < 1.29 is 13.2 Å². The van der Waals surface area contributed by atoms with Crippen molar-refractivity contribution >= 4 is 27.3 Å². The van der Waals surface area contributed by atoms with E-state index in [2.05, 4.69) is 22.3 Å². The number of sulfonamides is 1. The van der Waals surface area contributed by atoms with Crippen LogP contribution in [0.1, 0.15) is 20.8 Å². The minimum Gasteiger partial charge on any atom is -0.347 e. The molecular weight excluding hydrogens is 430 g/mol. The van der Waals surface area contributed by atoms with Crippen molar-refractivity contribution in [3.8, 4) is 0 Å². The molecule has 0 atom stereocenters. The van der Waals surface area contributed by atoms with Gasteiger partial charge in [-0.1, -0.05) is 42.5 Å². The maximum atomic E-state index is 13.1. The Balaban J connectivity index is 1.38. The van der Waals surface area contributed by atoms with Gasteiger partial charge in [0.25, 0.3) is 5.91 Å². The SMILES string of the molecule is O=C(NCc1cccs1)c1cccc(S(=O)(=O)N2CCN(Cc3ccccc3)CC2)c1. The minimum absolute atomic E-state index is 0.160. The van der Waals surface area contributed by atoms with E-state index in [1.165, 1.54) is 15.9 Å². The third-order valence-electron chi connectivity index (χ3n) is 5.32. The molecule has 1 saturated heterocycles. The van der Waals surface area contributed by atoms with Crippen molar-refractivity contribution in [2.45, 2.75) is 18.0 Å². The van der Waals surface area contributed by atoms with Gasteiger partial charge in [-0.05, 0) is 35.2 Å². The topological polar surface area (TPSA) is 69.7 Å². The first-order valence-electron chi connectivity index (χ1n) is 10.2. The molecule has 31 heavy (non-hydrogen) atoms. The summed E-state index contributed by atoms with van der Waals surface area (Å²) < 4.78 is 27.8. The van der Waals surface area contributed by atoms with E-state index in [0.29, 0.717) is 38.3 Å². The van der Waals surface area contributed by atoms with E-state index in [9.17, 15) is 13.2 Å². The third kappa shape index (κ3) is 5.40. The summed E-state index contributed by atoms with van der Waals surface area (Å²) in [7, 11) is -3.64. The van der Waals surface area contributed by atoms with Crippen LogP contribution in [0.2, 0.25) is 0 Å². The third-order valence-corrected chi connectivity index (χ3v) is 8.09. The summed E-state index contributed by atoms with van der Waals surface area (Å²) in [6.07, 6.45) is 0. The number of carbonyl (C=O) groups excluding carboxylic acids is 1. The molecule has 1 aliphatic heterocycles. The van der Waals surface area contributed by atoms with E-state index >= 15 is 0 Å². The highest BCUT2D eigenvalue weighted by atomic mass is 32.2. The van der Waals surface area contributed by atoms with Crippen LogP contribution >= 0.6 is 11.3 Å². The number of amides is 1. The van der Waals surface area contributed by atoms with Gasteiger partial charge < -0.3 is 5.32 Å². The van der Waals surface area contributed by atoms with E-state index in [1.54, 1.807) is 29.5 Å². The van der Waals surface area contributed by atoms with Crippen molar-refractivity contribution in [3.63, 3.8) is 0 Å². The average molecular weight is 456 g/mol. The molecule has 0 aliphatic carbocycles. The number of rotatable bonds is 7. The van der Waals surface area contributed by atoms with Crippen molar-refractivity contribution in [1.82, 2.24) is 14.5 Å². The molecule has 0 spiro atoms. The Morgan fingerprint density at radius 1 is 0.935 bits per heavy atom. The van der Waals surface area contributed by atoms with Gasteiger partial charge in [0.1, 0.15) is 0 Å². The predicted octanol–water partition coefficient (Wildman–Crippen LogP) is 3.18. The van der Waals surface area contributed by atoms with Crippen molar-refractivity contribution in [2.24, 2.45) is 0 Å². The lowest BCUT2D eigenvalue weighted by Gasteiger charge is -2.34. The van der Waals surface area contributed by atoms with Crippen molar-refractivity contribution in [3.05, 3.63) is 88.1 Å². The molecule has 8 heteroatoms. The minimum atomic E-state index is -3.64. The number of hydrogen-bond donors (Lipinski definition) is 1. The Kier molecular flexibility index (Phi) is 6.82. The maximum Gasteiger partial charge on any atom is 0.251 e. The van der Waals surface area contributed by atoms with E-state index in [-0.39, 0.29) is 10.8 Å². The fourth-order valence-corrected chi connectivity index (χ4v) is 5.71. The lowest BCUT2D eigenvalue weighted by molar-refractivity contribution is 0.0951. The maximum absolute atomic E-state index is 13.1. The number of nitrogens with one attached hydrogen (secondary N) is 1. The Labute approximate surface area is 187 Å². The van der Waals surface area contributed by atoms with Crippen LogP contribution in [-0.4, -0.2) is 49.7 Å². The summed E-state index contributed by atoms with van der Waals surface area (Å²) in [5.41, 5.74) is 1.57. The number of benzene rings is 2. The predicted molar refractivity (Wildman–Crippen MR) is 122 cm³/mol. The summed E-state index contributed by atoms with van der Waals surface area (Å²) in [5.74, 6) is -0.280. The lowest BCUT2D eigenvalue weighted by atomic mass is 10.2. The van der Waals surface area contributed by atoms with E-state index in [4.69, 9.17) is 0 Å². The number of piperazine rings is 1. The highest BCUT2D eigenvalue weighted by Gasteiger charge is 2.29. The number of carbonyl (C=O) groups is 1. The van der Waals surface area contributed by atoms with Gasteiger partial charge >= 0.3 is 0 Å². The van der Waals surface area contributed by atoms with Crippen LogP contribution < -0.4 is 5.32 Å². The van der Waals surface area contributed by atoms with Gasteiger partial charge in [0.2, 0.25) is 10.0 Å². The molecule has 0 bridgehead atoms. The molecule has 1 N–H and O–H groups in total. The van der Waals surface area contributed by atoms with Crippen LogP contribution in [0.25, 0.3) is 0 Å². The van der Waals surface area contributed by atoms with Crippen LogP contribution in [0, 0.1) is 0 Å². The van der Waals surface area contributed by atoms with E-state index in [0.717, 1.165) is 11.4 Å². The second-order valence-electron chi connectivity index (χ2n) is 7.46. The number of hydrogen-bond acceptors (Lipinski definition) is 5. The van der Waals surface area contributed by atoms with Gasteiger partial charge in [-0.3, -0.25) is 9.69 Å². The van der Waals surface area contributed by atoms with Crippen molar-refractivity contribution in [2.75, 3.05) is 26.2 Å². The Bertz CT molecular complexity index is 1110. The van der Waals surface area contributed by atoms with Crippen LogP contribution in [0.5, 0.6) is 0 Å². The molecule has 1 fully saturated rings. The first kappa shape index (κ1) is 21.7. The quantitative estimate of drug-likeness (QED) is 0.594. The zero-order valence-electron chi connectivity index (χ0n) is 17.1. The van der Waals surface area contributed by atoms with E-state index in [1.807, 2.05) is 35.7 Å². The van der Waals surface area contributed by atoms with Gasteiger partial charge in [0, 0.05) is 43.2 Å².